The zero-order valence-electron chi connectivity index (χ0n) is 7.30. The summed E-state index contributed by atoms with van der Waals surface area (Å²) in [4.78, 5) is -0.534. The first-order valence-electron chi connectivity index (χ1n) is 3.08. The molecule has 78 valence electrons. The van der Waals surface area contributed by atoms with E-state index in [2.05, 4.69) is 6.58 Å². The highest BCUT2D eigenvalue weighted by Crippen LogP contribution is 2.01. The first-order valence-corrected chi connectivity index (χ1v) is 5.69. The van der Waals surface area contributed by atoms with E-state index in [1.165, 1.54) is 0 Å². The fourth-order valence-corrected chi connectivity index (χ4v) is 1.22. The van der Waals surface area contributed by atoms with Crippen LogP contribution in [0.4, 0.5) is 0 Å². The molecule has 0 heterocycles. The van der Waals surface area contributed by atoms with E-state index in [0.717, 1.165) is 6.92 Å². The summed E-state index contributed by atoms with van der Waals surface area (Å²) in [5, 5.41) is 0.523. The number of hydrogen-bond donors (Lipinski definition) is 2. The van der Waals surface area contributed by atoms with Gasteiger partial charge in [0.2, 0.25) is 0 Å². The van der Waals surface area contributed by atoms with Crippen molar-refractivity contribution in [3.05, 3.63) is 23.0 Å². The summed E-state index contributed by atoms with van der Waals surface area (Å²) in [6.07, 6.45) is 1.75. The molecule has 7 heteroatoms. The van der Waals surface area contributed by atoms with Crippen molar-refractivity contribution in [2.45, 2.75) is 13.8 Å². The molecule has 0 amide bonds. The van der Waals surface area contributed by atoms with Crippen molar-refractivity contribution in [3.8, 4) is 0 Å². The molecule has 5 nitrogen and oxygen atoms in total. The smallest absolute Gasteiger partial charge is 0.291 e. The predicted molar refractivity (Wildman–Crippen MR) is 51.9 cm³/mol. The molecule has 0 aromatic heterocycles. The van der Waals surface area contributed by atoms with Crippen LogP contribution in [0.2, 0.25) is 0 Å². The Morgan fingerprint density at radius 1 is 1.54 bits per heavy atom. The maximum absolute atomic E-state index is 10.1. The molecule has 0 radical (unpaired) electrons. The first-order chi connectivity index (χ1) is 5.75. The van der Waals surface area contributed by atoms with E-state index < -0.39 is 26.1 Å². The Labute approximate surface area is 80.2 Å². The molecule has 0 fully saturated rings. The van der Waals surface area contributed by atoms with Crippen molar-refractivity contribution in [1.29, 1.82) is 0 Å². The van der Waals surface area contributed by atoms with Gasteiger partial charge in [0.05, 0.1) is 4.91 Å². The van der Waals surface area contributed by atoms with Crippen molar-refractivity contribution in [2.75, 3.05) is 0 Å². The van der Waals surface area contributed by atoms with Gasteiger partial charge in [0.25, 0.3) is 10.1 Å². The van der Waals surface area contributed by atoms with Crippen molar-refractivity contribution >= 4 is 21.2 Å². The van der Waals surface area contributed by atoms with Crippen LogP contribution in [0, 0.1) is 0 Å². The summed E-state index contributed by atoms with van der Waals surface area (Å²) < 4.78 is 46.4. The largest absolute Gasteiger partial charge is 0.303 e. The molecule has 1 unspecified atom stereocenters. The zero-order valence-corrected chi connectivity index (χ0v) is 8.93. The maximum atomic E-state index is 10.1. The molecule has 0 saturated heterocycles. The summed E-state index contributed by atoms with van der Waals surface area (Å²) in [6, 6.07) is 0. The van der Waals surface area contributed by atoms with E-state index in [4.69, 9.17) is 9.11 Å². The molecule has 0 aliphatic heterocycles. The lowest BCUT2D eigenvalue weighted by Crippen LogP contribution is -1.99. The SMILES string of the molecule is C=CC.CC(=CS(=O)O)S(=O)(=O)O. The average Bonchev–Trinajstić information content (AvgIpc) is 1.85. The third kappa shape index (κ3) is 11.5. The lowest BCUT2D eigenvalue weighted by Gasteiger charge is -1.91. The Balaban J connectivity index is 0. The van der Waals surface area contributed by atoms with Gasteiger partial charge in [-0.15, -0.1) is 6.58 Å². The van der Waals surface area contributed by atoms with Gasteiger partial charge in [-0.05, 0) is 13.8 Å². The molecular weight excluding hydrogens is 216 g/mol. The molecule has 0 rings (SSSR count). The normalized spacial score (nSPS) is 14.0. The van der Waals surface area contributed by atoms with Gasteiger partial charge in [-0.25, -0.2) is 4.21 Å². The van der Waals surface area contributed by atoms with Gasteiger partial charge in [0.15, 0.2) is 11.1 Å². The molecule has 0 aromatic carbocycles. The highest BCUT2D eigenvalue weighted by atomic mass is 32.2. The van der Waals surface area contributed by atoms with Crippen LogP contribution in [-0.2, 0) is 21.2 Å². The van der Waals surface area contributed by atoms with Gasteiger partial charge >= 0.3 is 0 Å². The lowest BCUT2D eigenvalue weighted by atomic mass is 10.8. The number of allylic oxidation sites excluding steroid dienone is 2. The van der Waals surface area contributed by atoms with Crippen molar-refractivity contribution in [2.24, 2.45) is 0 Å². The molecule has 0 aliphatic rings. The summed E-state index contributed by atoms with van der Waals surface area (Å²) in [5.41, 5.74) is 0. The second-order valence-electron chi connectivity index (χ2n) is 1.89. The van der Waals surface area contributed by atoms with Crippen LogP contribution in [-0.4, -0.2) is 21.7 Å². The molecule has 0 saturated carbocycles. The Kier molecular flexibility index (Phi) is 8.02. The first kappa shape index (κ1) is 15.0. The monoisotopic (exact) mass is 228 g/mol. The fraction of sp³-hybridized carbons (Fsp3) is 0.333. The molecule has 2 N–H and O–H groups in total. The van der Waals surface area contributed by atoms with Gasteiger partial charge in [-0.3, -0.25) is 4.55 Å². The van der Waals surface area contributed by atoms with Gasteiger partial charge in [-0.2, -0.15) is 8.42 Å². The van der Waals surface area contributed by atoms with E-state index in [1.807, 2.05) is 6.92 Å². The fourth-order valence-electron chi connectivity index (χ4n) is 0.203. The second-order valence-corrected chi connectivity index (χ2v) is 4.27. The van der Waals surface area contributed by atoms with E-state index in [9.17, 15) is 12.6 Å². The van der Waals surface area contributed by atoms with Crippen LogP contribution >= 0.6 is 0 Å². The van der Waals surface area contributed by atoms with Crippen molar-refractivity contribution < 1.29 is 21.7 Å². The topological polar surface area (TPSA) is 91.7 Å². The molecule has 0 spiro atoms. The summed E-state index contributed by atoms with van der Waals surface area (Å²) >= 11 is -2.34. The van der Waals surface area contributed by atoms with Crippen LogP contribution in [0.5, 0.6) is 0 Å². The van der Waals surface area contributed by atoms with Gasteiger partial charge in [0, 0.05) is 5.41 Å². The Bertz CT molecular complexity index is 301. The number of rotatable bonds is 2. The molecule has 1 atom stereocenters. The van der Waals surface area contributed by atoms with E-state index >= 15 is 0 Å². The summed E-state index contributed by atoms with van der Waals surface area (Å²) in [6.45, 7) is 6.27. The molecular formula is C6H12O5S2. The molecule has 0 aromatic rings. The predicted octanol–water partition coefficient (Wildman–Crippen LogP) is 1.15. The zero-order chi connectivity index (χ0) is 11.1. The minimum absolute atomic E-state index is 0.523. The van der Waals surface area contributed by atoms with Gasteiger partial charge < -0.3 is 4.55 Å². The van der Waals surface area contributed by atoms with Crippen LogP contribution in [0.25, 0.3) is 0 Å². The van der Waals surface area contributed by atoms with E-state index in [1.54, 1.807) is 6.08 Å². The van der Waals surface area contributed by atoms with Crippen LogP contribution in [0.15, 0.2) is 23.0 Å². The van der Waals surface area contributed by atoms with Gasteiger partial charge in [0.1, 0.15) is 0 Å². The van der Waals surface area contributed by atoms with E-state index in [0.29, 0.717) is 5.41 Å². The Morgan fingerprint density at radius 3 is 1.92 bits per heavy atom. The lowest BCUT2D eigenvalue weighted by molar-refractivity contribution is 0.490. The van der Waals surface area contributed by atoms with Crippen LogP contribution < -0.4 is 0 Å². The summed E-state index contributed by atoms with van der Waals surface area (Å²) in [7, 11) is -4.29. The molecule has 0 bridgehead atoms. The van der Waals surface area contributed by atoms with Crippen LogP contribution in [0.1, 0.15) is 13.8 Å². The second kappa shape index (κ2) is 6.96. The molecule has 13 heavy (non-hydrogen) atoms. The van der Waals surface area contributed by atoms with Gasteiger partial charge in [-0.1, -0.05) is 6.08 Å². The quantitative estimate of drug-likeness (QED) is 0.420. The third-order valence-corrected chi connectivity index (χ3v) is 2.31. The minimum atomic E-state index is -4.29. The summed E-state index contributed by atoms with van der Waals surface area (Å²) in [5.74, 6) is 0. The highest BCUT2D eigenvalue weighted by molar-refractivity contribution is 7.91. The van der Waals surface area contributed by atoms with E-state index in [-0.39, 0.29) is 0 Å². The molecule has 0 aliphatic carbocycles. The van der Waals surface area contributed by atoms with Crippen molar-refractivity contribution in [3.63, 3.8) is 0 Å². The average molecular weight is 228 g/mol. The third-order valence-electron chi connectivity index (χ3n) is 0.674. The van der Waals surface area contributed by atoms with Crippen LogP contribution in [0.3, 0.4) is 0 Å². The standard InChI is InChI=1S/C3H6O5S2.C3H6/c1-3(2-9(4)5)10(6,7)8;1-3-2/h2H,1H3,(H,4,5)(H,6,7,8);3H,1H2,2H3. The Hall–Kier alpha value is -0.500. The van der Waals surface area contributed by atoms with Crippen molar-refractivity contribution in [1.82, 2.24) is 0 Å². The maximum Gasteiger partial charge on any atom is 0.291 e. The minimum Gasteiger partial charge on any atom is -0.303 e. The Morgan fingerprint density at radius 2 is 1.85 bits per heavy atom. The number of hydrogen-bond acceptors (Lipinski definition) is 3. The highest BCUT2D eigenvalue weighted by Gasteiger charge is 2.07.